The molecule has 0 unspecified atom stereocenters. The van der Waals surface area contributed by atoms with E-state index in [2.05, 4.69) is 54.2 Å². The smallest absolute Gasteiger partial charge is 0.0507 e. The third-order valence-electron chi connectivity index (χ3n) is 5.09. The molecule has 1 aromatic carbocycles. The van der Waals surface area contributed by atoms with Gasteiger partial charge in [0, 0.05) is 41.2 Å². The fraction of sp³-hybridized carbons (Fsp3) is 0.647. The molecule has 1 heterocycles. The van der Waals surface area contributed by atoms with E-state index in [1.54, 1.807) is 0 Å². The monoisotopic (exact) mass is 501 g/mol. The Kier molecular flexibility index (Phi) is 9.93. The lowest BCUT2D eigenvalue weighted by Crippen LogP contribution is -2.47. The Balaban J connectivity index is 0.00000144. The van der Waals surface area contributed by atoms with Gasteiger partial charge in [0.15, 0.2) is 0 Å². The van der Waals surface area contributed by atoms with Crippen molar-refractivity contribution in [2.24, 2.45) is 5.92 Å². The zero-order chi connectivity index (χ0) is 15.5. The topological polar surface area (TPSA) is 41.3 Å². The van der Waals surface area contributed by atoms with Crippen LogP contribution in [-0.4, -0.2) is 31.1 Å². The van der Waals surface area contributed by atoms with Crippen molar-refractivity contribution in [1.29, 1.82) is 0 Å². The van der Waals surface area contributed by atoms with Gasteiger partial charge in [-0.25, -0.2) is 0 Å². The van der Waals surface area contributed by atoms with Crippen LogP contribution >= 0.6 is 56.7 Å². The third-order valence-corrected chi connectivity index (χ3v) is 6.20. The van der Waals surface area contributed by atoms with Gasteiger partial charge in [0.25, 0.3) is 0 Å². The van der Waals surface area contributed by atoms with Gasteiger partial charge in [0.05, 0.1) is 5.69 Å². The molecule has 0 aromatic heterocycles. The zero-order valence-electron chi connectivity index (χ0n) is 13.8. The summed E-state index contributed by atoms with van der Waals surface area (Å²) in [5, 5.41) is 3.47. The first-order valence-electron chi connectivity index (χ1n) is 8.36. The second kappa shape index (κ2) is 10.6. The summed E-state index contributed by atoms with van der Waals surface area (Å²) in [5.41, 5.74) is 8.67. The average molecular weight is 504 g/mol. The van der Waals surface area contributed by atoms with Crippen molar-refractivity contribution >= 4 is 62.4 Å². The highest BCUT2D eigenvalue weighted by Crippen LogP contribution is 2.43. The summed E-state index contributed by atoms with van der Waals surface area (Å²) >= 11 is 7.27. The molecule has 3 rings (SSSR count). The molecule has 0 bridgehead atoms. The number of hydrogen-bond donors (Lipinski definition) is 2. The molecule has 1 atom stereocenters. The Morgan fingerprint density at radius 3 is 2.29 bits per heavy atom. The number of anilines is 1. The molecule has 2 aliphatic rings. The van der Waals surface area contributed by atoms with E-state index in [0.717, 1.165) is 46.7 Å². The van der Waals surface area contributed by atoms with Gasteiger partial charge in [-0.3, -0.25) is 4.90 Å². The molecule has 0 spiro atoms. The Morgan fingerprint density at radius 1 is 1.04 bits per heavy atom. The number of hydrogen-bond acceptors (Lipinski definition) is 3. The number of nitrogens with zero attached hydrogens (tertiary/aromatic N) is 1. The summed E-state index contributed by atoms with van der Waals surface area (Å²) < 4.78 is 2.12. The second-order valence-electron chi connectivity index (χ2n) is 6.52. The maximum Gasteiger partial charge on any atom is 0.0507 e. The van der Waals surface area contributed by atoms with Gasteiger partial charge >= 0.3 is 0 Å². The molecule has 1 saturated heterocycles. The van der Waals surface area contributed by atoms with E-state index in [-0.39, 0.29) is 24.8 Å². The summed E-state index contributed by atoms with van der Waals surface area (Å²) in [5.74, 6) is 0.732. The second-order valence-corrected chi connectivity index (χ2v) is 8.29. The van der Waals surface area contributed by atoms with E-state index in [1.807, 2.05) is 0 Å². The Labute approximate surface area is 174 Å². The Bertz CT molecular complexity index is 501. The van der Waals surface area contributed by atoms with Crippen molar-refractivity contribution in [3.05, 3.63) is 26.6 Å². The van der Waals surface area contributed by atoms with Crippen molar-refractivity contribution in [3.8, 4) is 0 Å². The lowest BCUT2D eigenvalue weighted by atomic mass is 9.79. The van der Waals surface area contributed by atoms with Crippen LogP contribution in [0.4, 0.5) is 5.69 Å². The number of halogens is 4. The maximum atomic E-state index is 6.46. The number of rotatable bonds is 3. The van der Waals surface area contributed by atoms with Crippen LogP contribution in [0.3, 0.4) is 0 Å². The first-order valence-corrected chi connectivity index (χ1v) is 9.94. The van der Waals surface area contributed by atoms with Crippen molar-refractivity contribution in [2.45, 2.75) is 38.1 Å². The third kappa shape index (κ3) is 5.24. The average Bonchev–Trinajstić information content (AvgIpc) is 2.54. The molecule has 24 heavy (non-hydrogen) atoms. The fourth-order valence-electron chi connectivity index (χ4n) is 4.01. The molecule has 3 N–H and O–H groups in total. The Morgan fingerprint density at radius 2 is 1.67 bits per heavy atom. The van der Waals surface area contributed by atoms with E-state index < -0.39 is 0 Å². The first-order chi connectivity index (χ1) is 10.7. The summed E-state index contributed by atoms with van der Waals surface area (Å²) in [4.78, 5) is 2.65. The predicted octanol–water partition coefficient (Wildman–Crippen LogP) is 5.16. The number of benzene rings is 1. The SMILES string of the molecule is Cl.Cl.Nc1c(Br)cc(Br)cc1[C@@H](C1CCCCC1)N1CCNCC1. The highest BCUT2D eigenvalue weighted by molar-refractivity contribution is 9.11. The Hall–Kier alpha value is 0.480. The molecular weight excluding hydrogens is 477 g/mol. The zero-order valence-corrected chi connectivity index (χ0v) is 18.6. The molecular formula is C17H27Br2Cl2N3. The quantitative estimate of drug-likeness (QED) is 0.559. The first kappa shape index (κ1) is 22.5. The minimum atomic E-state index is 0. The molecule has 0 amide bonds. The summed E-state index contributed by atoms with van der Waals surface area (Å²) in [6, 6.07) is 4.74. The van der Waals surface area contributed by atoms with Crippen molar-refractivity contribution < 1.29 is 0 Å². The van der Waals surface area contributed by atoms with Crippen LogP contribution in [0.25, 0.3) is 0 Å². The van der Waals surface area contributed by atoms with Crippen molar-refractivity contribution in [1.82, 2.24) is 10.2 Å². The molecule has 2 fully saturated rings. The molecule has 0 radical (unpaired) electrons. The van der Waals surface area contributed by atoms with Crippen molar-refractivity contribution in [3.63, 3.8) is 0 Å². The largest absolute Gasteiger partial charge is 0.398 e. The lowest BCUT2D eigenvalue weighted by Gasteiger charge is -2.41. The standard InChI is InChI=1S/C17H25Br2N3.2ClH/c18-13-10-14(16(20)15(19)11-13)17(12-4-2-1-3-5-12)22-8-6-21-7-9-22;;/h10-12,17,21H,1-9,20H2;2*1H/t17-;;/m1../s1. The predicted molar refractivity (Wildman–Crippen MR) is 115 cm³/mol. The fourth-order valence-corrected chi connectivity index (χ4v) is 5.27. The van der Waals surface area contributed by atoms with Crippen LogP contribution in [0.15, 0.2) is 21.1 Å². The van der Waals surface area contributed by atoms with Crippen LogP contribution in [0, 0.1) is 5.92 Å². The minimum absolute atomic E-state index is 0. The van der Waals surface area contributed by atoms with Gasteiger partial charge in [-0.05, 0) is 52.4 Å². The van der Waals surface area contributed by atoms with Crippen molar-refractivity contribution in [2.75, 3.05) is 31.9 Å². The van der Waals surface area contributed by atoms with E-state index in [4.69, 9.17) is 5.73 Å². The number of nitrogen functional groups attached to an aromatic ring is 1. The highest BCUT2D eigenvalue weighted by Gasteiger charge is 2.32. The maximum absolute atomic E-state index is 6.46. The van der Waals surface area contributed by atoms with E-state index in [1.165, 1.54) is 37.7 Å². The molecule has 138 valence electrons. The van der Waals surface area contributed by atoms with Gasteiger partial charge in [-0.15, -0.1) is 24.8 Å². The summed E-state index contributed by atoms with van der Waals surface area (Å²) in [6.45, 7) is 4.39. The molecule has 1 aliphatic carbocycles. The van der Waals surface area contributed by atoms with Crippen LogP contribution in [-0.2, 0) is 0 Å². The van der Waals surface area contributed by atoms with Gasteiger partial charge in [-0.2, -0.15) is 0 Å². The normalized spacial score (nSPS) is 20.8. The van der Waals surface area contributed by atoms with Gasteiger partial charge in [-0.1, -0.05) is 35.2 Å². The molecule has 1 saturated carbocycles. The summed E-state index contributed by atoms with van der Waals surface area (Å²) in [6.07, 6.45) is 6.78. The van der Waals surface area contributed by atoms with E-state index in [9.17, 15) is 0 Å². The minimum Gasteiger partial charge on any atom is -0.398 e. The van der Waals surface area contributed by atoms with E-state index >= 15 is 0 Å². The lowest BCUT2D eigenvalue weighted by molar-refractivity contribution is 0.104. The number of piperazine rings is 1. The highest BCUT2D eigenvalue weighted by atomic mass is 79.9. The molecule has 7 heteroatoms. The van der Waals surface area contributed by atoms with Crippen LogP contribution < -0.4 is 11.1 Å². The molecule has 1 aromatic rings. The van der Waals surface area contributed by atoms with Crippen LogP contribution in [0.5, 0.6) is 0 Å². The van der Waals surface area contributed by atoms with E-state index in [0.29, 0.717) is 6.04 Å². The summed E-state index contributed by atoms with van der Waals surface area (Å²) in [7, 11) is 0. The van der Waals surface area contributed by atoms with Gasteiger partial charge in [0.1, 0.15) is 0 Å². The molecule has 1 aliphatic heterocycles. The number of nitrogens with two attached hydrogens (primary N) is 1. The van der Waals surface area contributed by atoms with Gasteiger partial charge in [0.2, 0.25) is 0 Å². The number of nitrogens with one attached hydrogen (secondary N) is 1. The van der Waals surface area contributed by atoms with Gasteiger partial charge < -0.3 is 11.1 Å². The molecule has 3 nitrogen and oxygen atoms in total. The van der Waals surface area contributed by atoms with Crippen LogP contribution in [0.1, 0.15) is 43.7 Å². The van der Waals surface area contributed by atoms with Crippen LogP contribution in [0.2, 0.25) is 0 Å².